The third-order valence-electron chi connectivity index (χ3n) is 2.95. The van der Waals surface area contributed by atoms with Crippen molar-refractivity contribution >= 4 is 23.3 Å². The summed E-state index contributed by atoms with van der Waals surface area (Å²) in [7, 11) is 0. The van der Waals surface area contributed by atoms with Gasteiger partial charge in [-0.3, -0.25) is 0 Å². The van der Waals surface area contributed by atoms with Crippen LogP contribution in [-0.2, 0) is 4.74 Å². The van der Waals surface area contributed by atoms with E-state index in [9.17, 15) is 4.79 Å². The highest BCUT2D eigenvalue weighted by atomic mass is 35.5. The van der Waals surface area contributed by atoms with E-state index in [1.54, 1.807) is 18.2 Å². The van der Waals surface area contributed by atoms with Crippen LogP contribution in [0.4, 0.5) is 10.5 Å². The summed E-state index contributed by atoms with van der Waals surface area (Å²) in [5.41, 5.74) is 1.20. The fraction of sp³-hybridized carbons (Fsp3) is 0.400. The number of ether oxygens (including phenoxy) is 1. The normalized spacial score (nSPS) is 17.0. The monoisotopic (exact) mass is 308 g/mol. The molecule has 2 rings (SSSR count). The van der Waals surface area contributed by atoms with Crippen LogP contribution < -0.4 is 10.6 Å². The molecule has 0 bridgehead atoms. The summed E-state index contributed by atoms with van der Waals surface area (Å²) in [5, 5.41) is 14.8. The summed E-state index contributed by atoms with van der Waals surface area (Å²) in [6.07, 6.45) is 1.19. The third-order valence-corrected chi connectivity index (χ3v) is 3.19. The first kappa shape index (κ1) is 15.6. The van der Waals surface area contributed by atoms with Gasteiger partial charge in [0.1, 0.15) is 0 Å². The molecule has 1 aliphatic rings. The number of hydrogen-bond acceptors (Lipinski definition) is 3. The van der Waals surface area contributed by atoms with Crippen LogP contribution in [0.3, 0.4) is 0 Å². The van der Waals surface area contributed by atoms with E-state index >= 15 is 0 Å². The van der Waals surface area contributed by atoms with E-state index in [0.29, 0.717) is 35.9 Å². The van der Waals surface area contributed by atoms with Crippen molar-refractivity contribution in [3.8, 4) is 11.8 Å². The van der Waals surface area contributed by atoms with Crippen LogP contribution in [-0.4, -0.2) is 37.0 Å². The molecule has 1 aromatic rings. The number of benzene rings is 1. The molecule has 0 saturated carbocycles. The van der Waals surface area contributed by atoms with E-state index in [1.165, 1.54) is 0 Å². The second kappa shape index (κ2) is 7.89. The number of aliphatic hydroxyl groups excluding tert-OH is 1. The van der Waals surface area contributed by atoms with Crippen LogP contribution in [0, 0.1) is 11.8 Å². The molecule has 6 heteroatoms. The van der Waals surface area contributed by atoms with Crippen LogP contribution in [0.15, 0.2) is 18.2 Å². The minimum Gasteiger partial charge on any atom is -0.395 e. The molecule has 21 heavy (non-hydrogen) atoms. The Morgan fingerprint density at radius 2 is 2.38 bits per heavy atom. The maximum Gasteiger partial charge on any atom is 0.319 e. The maximum absolute atomic E-state index is 12.0. The van der Waals surface area contributed by atoms with Gasteiger partial charge in [0.15, 0.2) is 0 Å². The third kappa shape index (κ3) is 4.94. The lowest BCUT2D eigenvalue weighted by atomic mass is 10.1. The van der Waals surface area contributed by atoms with E-state index in [2.05, 4.69) is 22.5 Å². The summed E-state index contributed by atoms with van der Waals surface area (Å²) < 4.78 is 5.21. The number of anilines is 1. The average Bonchev–Trinajstić information content (AvgIpc) is 2.94. The van der Waals surface area contributed by atoms with Crippen molar-refractivity contribution in [3.05, 3.63) is 28.8 Å². The van der Waals surface area contributed by atoms with Crippen molar-refractivity contribution < 1.29 is 14.6 Å². The highest BCUT2D eigenvalue weighted by molar-refractivity contribution is 6.31. The number of hydrogen-bond donors (Lipinski definition) is 3. The number of rotatable bonds is 3. The molecular formula is C15H17ClN2O3. The van der Waals surface area contributed by atoms with Gasteiger partial charge in [-0.05, 0) is 24.6 Å². The summed E-state index contributed by atoms with van der Waals surface area (Å²) >= 11 is 5.95. The molecule has 1 unspecified atom stereocenters. The molecule has 2 amide bonds. The number of nitrogens with one attached hydrogen (secondary N) is 2. The molecule has 1 fully saturated rings. The standard InChI is InChI=1S/C15H17ClN2O3/c16-12-5-4-11(3-1-2-7-19)14(9-12)18-15(20)17-13-6-8-21-10-13/h4-5,9,13,19H,2,6-8,10H2,(H2,17,18,20). The van der Waals surface area contributed by atoms with Gasteiger partial charge < -0.3 is 20.5 Å². The zero-order chi connectivity index (χ0) is 15.1. The molecule has 5 nitrogen and oxygen atoms in total. The molecule has 0 aromatic heterocycles. The number of carbonyl (C=O) groups excluding carboxylic acids is 1. The zero-order valence-corrected chi connectivity index (χ0v) is 12.2. The van der Waals surface area contributed by atoms with Gasteiger partial charge >= 0.3 is 6.03 Å². The van der Waals surface area contributed by atoms with Crippen LogP contribution >= 0.6 is 11.6 Å². The molecule has 1 aromatic carbocycles. The van der Waals surface area contributed by atoms with Gasteiger partial charge in [-0.15, -0.1) is 0 Å². The van der Waals surface area contributed by atoms with Gasteiger partial charge in [0.25, 0.3) is 0 Å². The highest BCUT2D eigenvalue weighted by Crippen LogP contribution is 2.20. The van der Waals surface area contributed by atoms with Gasteiger partial charge in [0.05, 0.1) is 24.9 Å². The van der Waals surface area contributed by atoms with Crippen molar-refractivity contribution in [3.63, 3.8) is 0 Å². The Hall–Kier alpha value is -1.74. The highest BCUT2D eigenvalue weighted by Gasteiger charge is 2.18. The first-order valence-corrected chi connectivity index (χ1v) is 7.11. The fourth-order valence-electron chi connectivity index (χ4n) is 1.93. The lowest BCUT2D eigenvalue weighted by Crippen LogP contribution is -2.38. The van der Waals surface area contributed by atoms with Gasteiger partial charge in [-0.2, -0.15) is 0 Å². The van der Waals surface area contributed by atoms with E-state index in [1.807, 2.05) is 0 Å². The van der Waals surface area contributed by atoms with E-state index in [-0.39, 0.29) is 18.7 Å². The van der Waals surface area contributed by atoms with Gasteiger partial charge in [0, 0.05) is 23.6 Å². The van der Waals surface area contributed by atoms with Crippen molar-refractivity contribution in [2.75, 3.05) is 25.1 Å². The molecule has 3 N–H and O–H groups in total. The van der Waals surface area contributed by atoms with Gasteiger partial charge in [0.2, 0.25) is 0 Å². The van der Waals surface area contributed by atoms with Crippen molar-refractivity contribution in [1.82, 2.24) is 5.32 Å². The Labute approximate surface area is 128 Å². The molecule has 0 radical (unpaired) electrons. The van der Waals surface area contributed by atoms with Crippen molar-refractivity contribution in [2.45, 2.75) is 18.9 Å². The summed E-state index contributed by atoms with van der Waals surface area (Å²) in [6, 6.07) is 4.82. The number of carbonyl (C=O) groups is 1. The SMILES string of the molecule is O=C(Nc1cc(Cl)ccc1C#CCCO)NC1CCOC1. The molecule has 1 atom stereocenters. The minimum atomic E-state index is -0.307. The van der Waals surface area contributed by atoms with Crippen LogP contribution in [0.1, 0.15) is 18.4 Å². The minimum absolute atomic E-state index is 0.00547. The summed E-state index contributed by atoms with van der Waals surface area (Å²) in [4.78, 5) is 12.0. The van der Waals surface area contributed by atoms with Crippen molar-refractivity contribution in [2.24, 2.45) is 0 Å². The quantitative estimate of drug-likeness (QED) is 0.748. The van der Waals surface area contributed by atoms with E-state index < -0.39 is 0 Å². The number of aliphatic hydroxyl groups is 1. The lowest BCUT2D eigenvalue weighted by molar-refractivity contribution is 0.189. The van der Waals surface area contributed by atoms with Crippen LogP contribution in [0.5, 0.6) is 0 Å². The van der Waals surface area contributed by atoms with Crippen LogP contribution in [0.2, 0.25) is 5.02 Å². The first-order valence-electron chi connectivity index (χ1n) is 6.73. The molecule has 112 valence electrons. The number of amides is 2. The topological polar surface area (TPSA) is 70.6 Å². The second-order valence-electron chi connectivity index (χ2n) is 4.62. The summed E-state index contributed by atoms with van der Waals surface area (Å²) in [5.74, 6) is 5.73. The Balaban J connectivity index is 2.05. The van der Waals surface area contributed by atoms with Gasteiger partial charge in [-0.1, -0.05) is 23.4 Å². The van der Waals surface area contributed by atoms with E-state index in [0.717, 1.165) is 6.42 Å². The number of halogens is 1. The lowest BCUT2D eigenvalue weighted by Gasteiger charge is -2.13. The Bertz CT molecular complexity index is 560. The smallest absolute Gasteiger partial charge is 0.319 e. The molecule has 0 aliphatic carbocycles. The zero-order valence-electron chi connectivity index (χ0n) is 11.5. The largest absolute Gasteiger partial charge is 0.395 e. The predicted molar refractivity (Wildman–Crippen MR) is 81.4 cm³/mol. The predicted octanol–water partition coefficient (Wildman–Crippen LogP) is 1.98. The summed E-state index contributed by atoms with van der Waals surface area (Å²) in [6.45, 7) is 1.21. The fourth-order valence-corrected chi connectivity index (χ4v) is 2.11. The first-order chi connectivity index (χ1) is 10.2. The molecule has 1 heterocycles. The molecular weight excluding hydrogens is 292 g/mol. The molecule has 0 spiro atoms. The molecule has 1 saturated heterocycles. The van der Waals surface area contributed by atoms with Crippen LogP contribution in [0.25, 0.3) is 0 Å². The second-order valence-corrected chi connectivity index (χ2v) is 5.06. The Morgan fingerprint density at radius 1 is 1.52 bits per heavy atom. The number of urea groups is 1. The Morgan fingerprint density at radius 3 is 3.10 bits per heavy atom. The maximum atomic E-state index is 12.0. The van der Waals surface area contributed by atoms with E-state index in [4.69, 9.17) is 21.4 Å². The Kier molecular flexibility index (Phi) is 5.88. The van der Waals surface area contributed by atoms with Gasteiger partial charge in [-0.25, -0.2) is 4.79 Å². The molecule has 1 aliphatic heterocycles. The van der Waals surface area contributed by atoms with Crippen molar-refractivity contribution in [1.29, 1.82) is 0 Å². The average molecular weight is 309 g/mol.